The van der Waals surface area contributed by atoms with Crippen molar-refractivity contribution in [2.45, 2.75) is 50.8 Å². The van der Waals surface area contributed by atoms with Crippen molar-refractivity contribution in [3.63, 3.8) is 0 Å². The molecule has 1 rings (SSSR count). The van der Waals surface area contributed by atoms with Crippen molar-refractivity contribution in [2.24, 2.45) is 0 Å². The predicted molar refractivity (Wildman–Crippen MR) is 77.0 cm³/mol. The van der Waals surface area contributed by atoms with E-state index in [0.29, 0.717) is 6.42 Å². The van der Waals surface area contributed by atoms with Gasteiger partial charge in [-0.2, -0.15) is 0 Å². The maximum Gasteiger partial charge on any atom is 0.245 e. The average molecular weight is 304 g/mol. The quantitative estimate of drug-likeness (QED) is 0.793. The van der Waals surface area contributed by atoms with Crippen LogP contribution in [-0.4, -0.2) is 55.3 Å². The van der Waals surface area contributed by atoms with E-state index in [9.17, 15) is 18.0 Å². The first-order valence-corrected chi connectivity index (χ1v) is 8.75. The van der Waals surface area contributed by atoms with Gasteiger partial charge in [0.2, 0.25) is 11.8 Å². The minimum absolute atomic E-state index is 0.111. The zero-order valence-corrected chi connectivity index (χ0v) is 13.4. The highest BCUT2D eigenvalue weighted by Crippen LogP contribution is 2.19. The topological polar surface area (TPSA) is 83.6 Å². The van der Waals surface area contributed by atoms with E-state index in [1.807, 2.05) is 6.92 Å². The molecular weight excluding hydrogens is 280 g/mol. The fourth-order valence-electron chi connectivity index (χ4n) is 2.11. The smallest absolute Gasteiger partial charge is 0.245 e. The molecular formula is C13H24N2O4S. The van der Waals surface area contributed by atoms with Gasteiger partial charge in [0.05, 0.1) is 4.75 Å². The molecule has 20 heavy (non-hydrogen) atoms. The van der Waals surface area contributed by atoms with E-state index in [0.717, 1.165) is 6.42 Å². The number of amides is 2. The third kappa shape index (κ3) is 3.94. The molecule has 1 N–H and O–H groups in total. The van der Waals surface area contributed by atoms with Gasteiger partial charge in [0, 0.05) is 25.8 Å². The zero-order valence-electron chi connectivity index (χ0n) is 12.6. The fraction of sp³-hybridized carbons (Fsp3) is 0.846. The van der Waals surface area contributed by atoms with Crippen LogP contribution in [0.15, 0.2) is 0 Å². The van der Waals surface area contributed by atoms with Crippen LogP contribution in [0.2, 0.25) is 0 Å². The van der Waals surface area contributed by atoms with Gasteiger partial charge in [-0.1, -0.05) is 13.3 Å². The number of nitrogens with zero attached hydrogens (tertiary/aromatic N) is 1. The standard InChI is InChI=1S/C13H24N2O4S/c1-5-6-10-12(17)15(8-7-11(16)14-10)9-13(2,3)20(4,18)19/h10H,5-9H2,1-4H3,(H,14,16). The van der Waals surface area contributed by atoms with E-state index in [4.69, 9.17) is 0 Å². The second-order valence-electron chi connectivity index (χ2n) is 5.95. The maximum atomic E-state index is 12.4. The lowest BCUT2D eigenvalue weighted by Crippen LogP contribution is -2.50. The molecule has 6 nitrogen and oxygen atoms in total. The Morgan fingerprint density at radius 1 is 1.35 bits per heavy atom. The molecule has 0 spiro atoms. The van der Waals surface area contributed by atoms with Crippen LogP contribution in [0, 0.1) is 0 Å². The van der Waals surface area contributed by atoms with Gasteiger partial charge in [-0.25, -0.2) is 8.42 Å². The molecule has 1 aliphatic rings. The first-order valence-electron chi connectivity index (χ1n) is 6.86. The van der Waals surface area contributed by atoms with E-state index >= 15 is 0 Å². The van der Waals surface area contributed by atoms with E-state index in [1.165, 1.54) is 11.2 Å². The van der Waals surface area contributed by atoms with Gasteiger partial charge in [-0.05, 0) is 20.3 Å². The molecule has 0 aromatic heterocycles. The van der Waals surface area contributed by atoms with Gasteiger partial charge in [0.15, 0.2) is 9.84 Å². The summed E-state index contributed by atoms with van der Waals surface area (Å²) in [6, 6.07) is -0.537. The minimum atomic E-state index is -3.28. The molecule has 1 heterocycles. The van der Waals surface area contributed by atoms with Crippen LogP contribution in [0.1, 0.15) is 40.0 Å². The number of hydrogen-bond donors (Lipinski definition) is 1. The molecule has 1 aliphatic heterocycles. The summed E-state index contributed by atoms with van der Waals surface area (Å²) in [6.45, 7) is 5.52. The Hall–Kier alpha value is -1.11. The molecule has 1 fully saturated rings. The highest BCUT2D eigenvalue weighted by molar-refractivity contribution is 7.92. The van der Waals surface area contributed by atoms with Gasteiger partial charge in [-0.15, -0.1) is 0 Å². The van der Waals surface area contributed by atoms with E-state index in [1.54, 1.807) is 13.8 Å². The number of sulfone groups is 1. The van der Waals surface area contributed by atoms with Gasteiger partial charge in [-0.3, -0.25) is 9.59 Å². The molecule has 116 valence electrons. The first kappa shape index (κ1) is 16.9. The van der Waals surface area contributed by atoms with Crippen molar-refractivity contribution in [3.05, 3.63) is 0 Å². The summed E-state index contributed by atoms with van der Waals surface area (Å²) in [5, 5.41) is 2.70. The van der Waals surface area contributed by atoms with Crippen molar-refractivity contribution in [1.29, 1.82) is 0 Å². The summed E-state index contributed by atoms with van der Waals surface area (Å²) in [5.74, 6) is -0.342. The van der Waals surface area contributed by atoms with E-state index in [-0.39, 0.29) is 31.3 Å². The van der Waals surface area contributed by atoms with E-state index < -0.39 is 20.6 Å². The molecule has 7 heteroatoms. The van der Waals surface area contributed by atoms with Crippen LogP contribution in [0.25, 0.3) is 0 Å². The Bertz CT molecular complexity index is 485. The Kier molecular flexibility index (Phi) is 5.18. The molecule has 1 saturated heterocycles. The average Bonchev–Trinajstić information content (AvgIpc) is 2.42. The molecule has 2 amide bonds. The second kappa shape index (κ2) is 6.11. The third-order valence-corrected chi connectivity index (χ3v) is 5.84. The van der Waals surface area contributed by atoms with Gasteiger partial charge >= 0.3 is 0 Å². The van der Waals surface area contributed by atoms with Crippen LogP contribution < -0.4 is 5.32 Å². The first-order chi connectivity index (χ1) is 9.08. The summed E-state index contributed by atoms with van der Waals surface area (Å²) in [4.78, 5) is 25.5. The molecule has 0 bridgehead atoms. The van der Waals surface area contributed by atoms with Gasteiger partial charge < -0.3 is 10.2 Å². The van der Waals surface area contributed by atoms with Crippen molar-refractivity contribution in [2.75, 3.05) is 19.3 Å². The molecule has 0 aromatic rings. The molecule has 1 atom stereocenters. The van der Waals surface area contributed by atoms with Crippen LogP contribution >= 0.6 is 0 Å². The lowest BCUT2D eigenvalue weighted by atomic mass is 10.1. The van der Waals surface area contributed by atoms with Crippen LogP contribution in [0.4, 0.5) is 0 Å². The fourth-order valence-corrected chi connectivity index (χ4v) is 2.50. The van der Waals surface area contributed by atoms with Crippen LogP contribution in [0.5, 0.6) is 0 Å². The summed E-state index contributed by atoms with van der Waals surface area (Å²) < 4.78 is 22.5. The number of nitrogens with one attached hydrogen (secondary N) is 1. The van der Waals surface area contributed by atoms with Gasteiger partial charge in [0.1, 0.15) is 6.04 Å². The third-order valence-electron chi connectivity index (χ3n) is 3.71. The highest BCUT2D eigenvalue weighted by Gasteiger charge is 2.37. The molecule has 0 radical (unpaired) electrons. The minimum Gasteiger partial charge on any atom is -0.344 e. The van der Waals surface area contributed by atoms with E-state index in [2.05, 4.69) is 5.32 Å². The normalized spacial score (nSPS) is 21.6. The Labute approximate surface area is 120 Å². The van der Waals surface area contributed by atoms with Crippen molar-refractivity contribution in [3.8, 4) is 0 Å². The summed E-state index contributed by atoms with van der Waals surface area (Å²) >= 11 is 0. The monoisotopic (exact) mass is 304 g/mol. The molecule has 1 unspecified atom stereocenters. The summed E-state index contributed by atoms with van der Waals surface area (Å²) in [7, 11) is -3.28. The van der Waals surface area contributed by atoms with Crippen molar-refractivity contribution >= 4 is 21.7 Å². The number of carbonyl (C=O) groups excluding carboxylic acids is 2. The SMILES string of the molecule is CCCC1NC(=O)CCN(CC(C)(C)S(C)(=O)=O)C1=O. The zero-order chi connectivity index (χ0) is 15.6. The lowest BCUT2D eigenvalue weighted by molar-refractivity contribution is -0.134. The summed E-state index contributed by atoms with van der Waals surface area (Å²) in [5.41, 5.74) is 0. The predicted octanol–water partition coefficient (Wildman–Crippen LogP) is 0.327. The van der Waals surface area contributed by atoms with Crippen molar-refractivity contribution < 1.29 is 18.0 Å². The maximum absolute atomic E-state index is 12.4. The Morgan fingerprint density at radius 3 is 2.45 bits per heavy atom. The van der Waals surface area contributed by atoms with Crippen LogP contribution in [0.3, 0.4) is 0 Å². The Morgan fingerprint density at radius 2 is 1.95 bits per heavy atom. The number of rotatable bonds is 5. The molecule has 0 aliphatic carbocycles. The van der Waals surface area contributed by atoms with Gasteiger partial charge in [0.25, 0.3) is 0 Å². The highest BCUT2D eigenvalue weighted by atomic mass is 32.2. The van der Waals surface area contributed by atoms with Crippen LogP contribution in [-0.2, 0) is 19.4 Å². The molecule has 0 saturated carbocycles. The number of hydrogen-bond acceptors (Lipinski definition) is 4. The summed E-state index contributed by atoms with van der Waals surface area (Å²) in [6.07, 6.45) is 2.73. The second-order valence-corrected chi connectivity index (χ2v) is 8.60. The number of carbonyl (C=O) groups is 2. The molecule has 0 aromatic carbocycles. The lowest BCUT2D eigenvalue weighted by Gasteiger charge is -2.31. The Balaban J connectivity index is 2.93. The largest absolute Gasteiger partial charge is 0.344 e. The van der Waals surface area contributed by atoms with Crippen molar-refractivity contribution in [1.82, 2.24) is 10.2 Å².